The van der Waals surface area contributed by atoms with Gasteiger partial charge in [0.25, 0.3) is 5.56 Å². The summed E-state index contributed by atoms with van der Waals surface area (Å²) in [4.78, 5) is 31.6. The number of aromatic nitrogens is 5. The van der Waals surface area contributed by atoms with E-state index in [0.717, 1.165) is 12.4 Å². The number of halogens is 3. The molecule has 0 aliphatic heterocycles. The fourth-order valence-corrected chi connectivity index (χ4v) is 1.59. The van der Waals surface area contributed by atoms with E-state index in [4.69, 9.17) is 5.73 Å². The molecule has 0 fully saturated rings. The molecule has 0 atom stereocenters. The number of carbonyl (C=O) groups excluding carboxylic acids is 1. The molecule has 2 aromatic heterocycles. The molecule has 0 spiro atoms. The SMILES string of the molecule is NC(=O)Cc1nc(-c2cncc(=O)[nH]2)n(CC(F)(F)F)n1. The lowest BCUT2D eigenvalue weighted by Crippen LogP contribution is -2.20. The predicted octanol–water partition coefficient (Wildman–Crippen LogP) is -0.382. The molecule has 0 bridgehead atoms. The van der Waals surface area contributed by atoms with Crippen molar-refractivity contribution in [2.75, 3.05) is 0 Å². The Morgan fingerprint density at radius 2 is 2.10 bits per heavy atom. The highest BCUT2D eigenvalue weighted by atomic mass is 19.4. The van der Waals surface area contributed by atoms with E-state index >= 15 is 0 Å². The van der Waals surface area contributed by atoms with Crippen LogP contribution in [0.5, 0.6) is 0 Å². The quantitative estimate of drug-likeness (QED) is 0.797. The summed E-state index contributed by atoms with van der Waals surface area (Å²) in [7, 11) is 0. The first-order valence-electron chi connectivity index (χ1n) is 5.58. The Hall–Kier alpha value is -2.72. The van der Waals surface area contributed by atoms with Crippen molar-refractivity contribution in [2.24, 2.45) is 5.73 Å². The summed E-state index contributed by atoms with van der Waals surface area (Å²) >= 11 is 0. The molecule has 3 N–H and O–H groups in total. The molecule has 2 heterocycles. The molecule has 0 aliphatic rings. The van der Waals surface area contributed by atoms with Crippen LogP contribution in [0.1, 0.15) is 5.82 Å². The number of H-pyrrole nitrogens is 1. The minimum atomic E-state index is -4.55. The van der Waals surface area contributed by atoms with Gasteiger partial charge in [-0.25, -0.2) is 9.67 Å². The van der Waals surface area contributed by atoms with Gasteiger partial charge in [0.15, 0.2) is 11.6 Å². The van der Waals surface area contributed by atoms with Gasteiger partial charge < -0.3 is 10.7 Å². The molecule has 112 valence electrons. The van der Waals surface area contributed by atoms with Crippen LogP contribution < -0.4 is 11.3 Å². The molecule has 0 radical (unpaired) electrons. The molecule has 0 saturated carbocycles. The molecule has 21 heavy (non-hydrogen) atoms. The lowest BCUT2D eigenvalue weighted by molar-refractivity contribution is -0.142. The second kappa shape index (κ2) is 5.34. The molecule has 8 nitrogen and oxygen atoms in total. The number of carbonyl (C=O) groups is 1. The maximum Gasteiger partial charge on any atom is 0.408 e. The van der Waals surface area contributed by atoms with E-state index in [0.29, 0.717) is 4.68 Å². The fraction of sp³-hybridized carbons (Fsp3) is 0.300. The lowest BCUT2D eigenvalue weighted by Gasteiger charge is -2.08. The Labute approximate surface area is 114 Å². The average molecular weight is 302 g/mol. The summed E-state index contributed by atoms with van der Waals surface area (Å²) in [6, 6.07) is 0. The van der Waals surface area contributed by atoms with E-state index in [-0.39, 0.29) is 17.3 Å². The monoisotopic (exact) mass is 302 g/mol. The van der Waals surface area contributed by atoms with Crippen molar-refractivity contribution in [3.63, 3.8) is 0 Å². The number of primary amides is 1. The van der Waals surface area contributed by atoms with Crippen molar-refractivity contribution >= 4 is 5.91 Å². The van der Waals surface area contributed by atoms with Crippen LogP contribution in [0.2, 0.25) is 0 Å². The Balaban J connectivity index is 2.48. The standard InChI is InChI=1S/C10H9F3N6O2/c11-10(12,13)4-19-9(5-2-15-3-8(21)16-5)17-7(18-19)1-6(14)20/h2-3H,1,4H2,(H2,14,20)(H,16,21). The highest BCUT2D eigenvalue weighted by Crippen LogP contribution is 2.21. The lowest BCUT2D eigenvalue weighted by atomic mass is 10.4. The Kier molecular flexibility index (Phi) is 3.74. The molecule has 2 aromatic rings. The third kappa shape index (κ3) is 3.87. The molecule has 2 rings (SSSR count). The number of nitrogens with zero attached hydrogens (tertiary/aromatic N) is 4. The van der Waals surface area contributed by atoms with E-state index in [1.807, 2.05) is 0 Å². The molecule has 0 unspecified atom stereocenters. The van der Waals surface area contributed by atoms with Gasteiger partial charge in [0.05, 0.1) is 18.8 Å². The minimum absolute atomic E-state index is 0.0463. The third-order valence-electron chi connectivity index (χ3n) is 2.27. The van der Waals surface area contributed by atoms with E-state index in [2.05, 4.69) is 20.1 Å². The summed E-state index contributed by atoms with van der Waals surface area (Å²) < 4.78 is 38.1. The van der Waals surface area contributed by atoms with Crippen LogP contribution in [-0.4, -0.2) is 36.8 Å². The number of amides is 1. The highest BCUT2D eigenvalue weighted by Gasteiger charge is 2.31. The topological polar surface area (TPSA) is 120 Å². The molecular formula is C10H9F3N6O2. The fourth-order valence-electron chi connectivity index (χ4n) is 1.59. The largest absolute Gasteiger partial charge is 0.408 e. The molecule has 0 aromatic carbocycles. The van der Waals surface area contributed by atoms with Crippen LogP contribution in [0.25, 0.3) is 11.5 Å². The molecular weight excluding hydrogens is 293 g/mol. The van der Waals surface area contributed by atoms with Crippen molar-refractivity contribution in [3.8, 4) is 11.5 Å². The Bertz CT molecular complexity index is 720. The van der Waals surface area contributed by atoms with Crippen LogP contribution in [-0.2, 0) is 17.8 Å². The second-order valence-corrected chi connectivity index (χ2v) is 4.08. The highest BCUT2D eigenvalue weighted by molar-refractivity contribution is 5.75. The van der Waals surface area contributed by atoms with Gasteiger partial charge in [-0.15, -0.1) is 0 Å². The van der Waals surface area contributed by atoms with Crippen LogP contribution in [0.15, 0.2) is 17.2 Å². The normalized spacial score (nSPS) is 11.6. The zero-order chi connectivity index (χ0) is 15.6. The number of rotatable bonds is 4. The summed E-state index contributed by atoms with van der Waals surface area (Å²) in [5.74, 6) is -1.22. The van der Waals surface area contributed by atoms with Crippen molar-refractivity contribution < 1.29 is 18.0 Å². The summed E-state index contributed by atoms with van der Waals surface area (Å²) in [5, 5.41) is 3.58. The summed E-state index contributed by atoms with van der Waals surface area (Å²) in [6.07, 6.45) is -2.87. The summed E-state index contributed by atoms with van der Waals surface area (Å²) in [6.45, 7) is -1.43. The number of nitrogens with one attached hydrogen (secondary N) is 1. The van der Waals surface area contributed by atoms with E-state index in [1.165, 1.54) is 0 Å². The second-order valence-electron chi connectivity index (χ2n) is 4.08. The van der Waals surface area contributed by atoms with E-state index in [9.17, 15) is 22.8 Å². The number of hydrogen-bond donors (Lipinski definition) is 2. The van der Waals surface area contributed by atoms with Crippen LogP contribution in [0.3, 0.4) is 0 Å². The number of nitrogens with two attached hydrogens (primary N) is 1. The van der Waals surface area contributed by atoms with Gasteiger partial charge in [-0.2, -0.15) is 18.3 Å². The van der Waals surface area contributed by atoms with E-state index in [1.54, 1.807) is 0 Å². The molecule has 1 amide bonds. The van der Waals surface area contributed by atoms with Crippen molar-refractivity contribution in [1.29, 1.82) is 0 Å². The average Bonchev–Trinajstić information content (AvgIpc) is 2.68. The van der Waals surface area contributed by atoms with Gasteiger partial charge >= 0.3 is 6.18 Å². The van der Waals surface area contributed by atoms with Gasteiger partial charge in [-0.05, 0) is 0 Å². The van der Waals surface area contributed by atoms with Gasteiger partial charge in [0.1, 0.15) is 12.2 Å². The zero-order valence-electron chi connectivity index (χ0n) is 10.4. The Morgan fingerprint density at radius 3 is 2.67 bits per heavy atom. The van der Waals surface area contributed by atoms with Gasteiger partial charge in [0, 0.05) is 0 Å². The Morgan fingerprint density at radius 1 is 1.38 bits per heavy atom. The third-order valence-corrected chi connectivity index (χ3v) is 2.27. The molecule has 11 heteroatoms. The first kappa shape index (κ1) is 14.7. The first-order valence-corrected chi connectivity index (χ1v) is 5.58. The summed E-state index contributed by atoms with van der Waals surface area (Å²) in [5.41, 5.74) is 4.30. The van der Waals surface area contributed by atoms with Crippen molar-refractivity contribution in [1.82, 2.24) is 24.7 Å². The molecule has 0 aliphatic carbocycles. The van der Waals surface area contributed by atoms with Crippen LogP contribution in [0, 0.1) is 0 Å². The van der Waals surface area contributed by atoms with E-state index < -0.39 is 30.6 Å². The zero-order valence-corrected chi connectivity index (χ0v) is 10.4. The van der Waals surface area contributed by atoms with Gasteiger partial charge in [-0.1, -0.05) is 0 Å². The maximum absolute atomic E-state index is 12.5. The number of hydrogen-bond acceptors (Lipinski definition) is 5. The number of alkyl halides is 3. The van der Waals surface area contributed by atoms with Crippen LogP contribution in [0.4, 0.5) is 13.2 Å². The minimum Gasteiger partial charge on any atom is -0.369 e. The van der Waals surface area contributed by atoms with Gasteiger partial charge in [-0.3, -0.25) is 14.6 Å². The van der Waals surface area contributed by atoms with Crippen LogP contribution >= 0.6 is 0 Å². The van der Waals surface area contributed by atoms with Crippen molar-refractivity contribution in [3.05, 3.63) is 28.6 Å². The van der Waals surface area contributed by atoms with Crippen molar-refractivity contribution in [2.45, 2.75) is 19.1 Å². The smallest absolute Gasteiger partial charge is 0.369 e. The first-order chi connectivity index (χ1) is 9.74. The molecule has 0 saturated heterocycles. The maximum atomic E-state index is 12.5. The number of aromatic amines is 1. The predicted molar refractivity (Wildman–Crippen MR) is 62.8 cm³/mol. The van der Waals surface area contributed by atoms with Gasteiger partial charge in [0.2, 0.25) is 5.91 Å².